The highest BCUT2D eigenvalue weighted by atomic mass is 35.5. The smallest absolute Gasteiger partial charge is 0.188 e. The number of benzene rings is 1. The molecule has 154 valence electrons. The number of nitrogens with zero attached hydrogens (tertiary/aromatic N) is 4. The maximum atomic E-state index is 6.42. The van der Waals surface area contributed by atoms with Crippen LogP contribution in [0.15, 0.2) is 66.4 Å². The van der Waals surface area contributed by atoms with Crippen LogP contribution in [0.3, 0.4) is 0 Å². The van der Waals surface area contributed by atoms with Crippen LogP contribution in [0.5, 0.6) is 5.75 Å². The molecule has 0 radical (unpaired) electrons. The summed E-state index contributed by atoms with van der Waals surface area (Å²) >= 11 is 7.92. The van der Waals surface area contributed by atoms with Crippen LogP contribution in [0.25, 0.3) is 22.2 Å². The minimum Gasteiger partial charge on any atom is -0.491 e. The number of pyridine rings is 2. The lowest BCUT2D eigenvalue weighted by atomic mass is 10.1. The molecule has 5 aromatic rings. The molecule has 4 heterocycles. The van der Waals surface area contributed by atoms with E-state index < -0.39 is 0 Å². The first-order valence-corrected chi connectivity index (χ1v) is 10.9. The standard InChI is InChI=1S/C22H17ClN6OS/c23-17-5-3-8-25-19(17)14-12-16-20(28-29-21(16)27-22-26-9-11-31-22)18(13-14)30-10-6-15-4-1-2-7-24-15/h1-5,7-9,11-13H,6,10H2,(H2,26,27,28,29). The summed E-state index contributed by atoms with van der Waals surface area (Å²) < 4.78 is 6.15. The van der Waals surface area contributed by atoms with Crippen molar-refractivity contribution in [1.82, 2.24) is 25.1 Å². The number of thiazole rings is 1. The quantitative estimate of drug-likeness (QED) is 0.342. The van der Waals surface area contributed by atoms with Crippen molar-refractivity contribution in [1.29, 1.82) is 0 Å². The third-order valence-electron chi connectivity index (χ3n) is 4.67. The van der Waals surface area contributed by atoms with Gasteiger partial charge in [0.15, 0.2) is 10.9 Å². The summed E-state index contributed by atoms with van der Waals surface area (Å²) in [6.45, 7) is 0.472. The summed E-state index contributed by atoms with van der Waals surface area (Å²) in [4.78, 5) is 13.1. The van der Waals surface area contributed by atoms with Crippen LogP contribution in [0.2, 0.25) is 5.02 Å². The Labute approximate surface area is 187 Å². The van der Waals surface area contributed by atoms with Gasteiger partial charge in [-0.3, -0.25) is 15.1 Å². The Kier molecular flexibility index (Phi) is 5.47. The van der Waals surface area contributed by atoms with Crippen LogP contribution in [0, 0.1) is 0 Å². The number of ether oxygens (including phenoxy) is 1. The second-order valence-electron chi connectivity index (χ2n) is 6.68. The van der Waals surface area contributed by atoms with Crippen molar-refractivity contribution in [3.63, 3.8) is 0 Å². The van der Waals surface area contributed by atoms with Crippen molar-refractivity contribution in [2.24, 2.45) is 0 Å². The first kappa shape index (κ1) is 19.5. The molecule has 0 bridgehead atoms. The lowest BCUT2D eigenvalue weighted by Gasteiger charge is -2.11. The number of fused-ring (bicyclic) bond motifs is 1. The minimum atomic E-state index is 0.472. The SMILES string of the molecule is Clc1cccnc1-c1cc(OCCc2ccccn2)c2[nH]nc(Nc3nccs3)c2c1. The number of H-pyrrole nitrogens is 1. The number of rotatable bonds is 7. The van der Waals surface area contributed by atoms with E-state index in [-0.39, 0.29) is 0 Å². The van der Waals surface area contributed by atoms with E-state index in [4.69, 9.17) is 16.3 Å². The number of hydrogen-bond donors (Lipinski definition) is 2. The largest absolute Gasteiger partial charge is 0.491 e. The number of halogens is 1. The van der Waals surface area contributed by atoms with Gasteiger partial charge in [-0.05, 0) is 36.4 Å². The monoisotopic (exact) mass is 448 g/mol. The summed E-state index contributed by atoms with van der Waals surface area (Å²) in [6, 6.07) is 13.4. The predicted octanol–water partition coefficient (Wildman–Crippen LogP) is 5.49. The predicted molar refractivity (Wildman–Crippen MR) is 123 cm³/mol. The van der Waals surface area contributed by atoms with E-state index in [9.17, 15) is 0 Å². The molecule has 0 aliphatic rings. The normalized spacial score (nSPS) is 11.0. The average molecular weight is 449 g/mol. The molecule has 7 nitrogen and oxygen atoms in total. The maximum absolute atomic E-state index is 6.42. The molecule has 2 N–H and O–H groups in total. The van der Waals surface area contributed by atoms with Crippen LogP contribution < -0.4 is 10.1 Å². The fraction of sp³-hybridized carbons (Fsp3) is 0.0909. The number of aromatic nitrogens is 5. The van der Waals surface area contributed by atoms with Crippen molar-refractivity contribution in [2.75, 3.05) is 11.9 Å². The Hall–Kier alpha value is -3.49. The molecule has 5 rings (SSSR count). The second kappa shape index (κ2) is 8.71. The molecule has 0 fully saturated rings. The van der Waals surface area contributed by atoms with E-state index in [0.29, 0.717) is 35.3 Å². The summed E-state index contributed by atoms with van der Waals surface area (Å²) in [5.74, 6) is 1.33. The highest BCUT2D eigenvalue weighted by Crippen LogP contribution is 2.37. The molecule has 0 amide bonds. The molecule has 9 heteroatoms. The zero-order valence-electron chi connectivity index (χ0n) is 16.2. The van der Waals surface area contributed by atoms with Gasteiger partial charge >= 0.3 is 0 Å². The number of nitrogens with one attached hydrogen (secondary N) is 2. The highest BCUT2D eigenvalue weighted by molar-refractivity contribution is 7.13. The van der Waals surface area contributed by atoms with Gasteiger partial charge in [-0.2, -0.15) is 5.10 Å². The summed E-state index contributed by atoms with van der Waals surface area (Å²) in [5.41, 5.74) is 3.28. The van der Waals surface area contributed by atoms with Crippen molar-refractivity contribution >= 4 is 44.8 Å². The van der Waals surface area contributed by atoms with Crippen LogP contribution in [0.1, 0.15) is 5.69 Å². The topological polar surface area (TPSA) is 88.6 Å². The Balaban J connectivity index is 1.52. The fourth-order valence-corrected chi connectivity index (χ4v) is 3.99. The fourth-order valence-electron chi connectivity index (χ4n) is 3.23. The van der Waals surface area contributed by atoms with Gasteiger partial charge in [0.2, 0.25) is 0 Å². The molecule has 31 heavy (non-hydrogen) atoms. The van der Waals surface area contributed by atoms with Crippen molar-refractivity contribution in [3.8, 4) is 17.0 Å². The number of aromatic amines is 1. The summed E-state index contributed by atoms with van der Waals surface area (Å²) in [5, 5.41) is 14.9. The molecule has 0 saturated carbocycles. The summed E-state index contributed by atoms with van der Waals surface area (Å²) in [7, 11) is 0. The number of anilines is 2. The van der Waals surface area contributed by atoms with Crippen LogP contribution >= 0.6 is 22.9 Å². The third kappa shape index (κ3) is 4.21. The van der Waals surface area contributed by atoms with Gasteiger partial charge in [0.25, 0.3) is 0 Å². The molecule has 1 aromatic carbocycles. The molecule has 0 atom stereocenters. The van der Waals surface area contributed by atoms with E-state index in [1.165, 1.54) is 11.3 Å². The lowest BCUT2D eigenvalue weighted by molar-refractivity contribution is 0.324. The van der Waals surface area contributed by atoms with Gasteiger partial charge in [0, 0.05) is 47.0 Å². The second-order valence-corrected chi connectivity index (χ2v) is 7.99. The van der Waals surface area contributed by atoms with Gasteiger partial charge < -0.3 is 10.1 Å². The van der Waals surface area contributed by atoms with Crippen molar-refractivity contribution < 1.29 is 4.74 Å². The van der Waals surface area contributed by atoms with Crippen molar-refractivity contribution in [2.45, 2.75) is 6.42 Å². The molecule has 0 aliphatic carbocycles. The molecule has 4 aromatic heterocycles. The third-order valence-corrected chi connectivity index (χ3v) is 5.66. The Morgan fingerprint density at radius 1 is 1.03 bits per heavy atom. The van der Waals surface area contributed by atoms with Gasteiger partial charge in [-0.1, -0.05) is 17.7 Å². The first-order chi connectivity index (χ1) is 15.3. The highest BCUT2D eigenvalue weighted by Gasteiger charge is 2.16. The van der Waals surface area contributed by atoms with Gasteiger partial charge in [0.05, 0.1) is 17.3 Å². The van der Waals surface area contributed by atoms with Crippen LogP contribution in [0.4, 0.5) is 10.9 Å². The summed E-state index contributed by atoms with van der Waals surface area (Å²) in [6.07, 6.45) is 5.93. The molecule has 0 unspecified atom stereocenters. The van der Waals surface area contributed by atoms with E-state index >= 15 is 0 Å². The molecule has 0 aliphatic heterocycles. The molecule has 0 saturated heterocycles. The minimum absolute atomic E-state index is 0.472. The van der Waals surface area contributed by atoms with E-state index in [1.54, 1.807) is 18.6 Å². The zero-order chi connectivity index (χ0) is 21.0. The van der Waals surface area contributed by atoms with Gasteiger partial charge in [-0.25, -0.2) is 4.98 Å². The van der Waals surface area contributed by atoms with Gasteiger partial charge in [0.1, 0.15) is 11.3 Å². The Morgan fingerprint density at radius 3 is 2.77 bits per heavy atom. The molecular weight excluding hydrogens is 432 g/mol. The number of hydrogen-bond acceptors (Lipinski definition) is 7. The zero-order valence-corrected chi connectivity index (χ0v) is 17.8. The van der Waals surface area contributed by atoms with Gasteiger partial charge in [-0.15, -0.1) is 11.3 Å². The Morgan fingerprint density at radius 2 is 1.97 bits per heavy atom. The molecule has 0 spiro atoms. The van der Waals surface area contributed by atoms with E-state index in [0.717, 1.165) is 27.3 Å². The Bertz CT molecular complexity index is 1310. The maximum Gasteiger partial charge on any atom is 0.188 e. The van der Waals surface area contributed by atoms with Crippen LogP contribution in [-0.4, -0.2) is 31.8 Å². The van der Waals surface area contributed by atoms with Crippen molar-refractivity contribution in [3.05, 3.63) is 77.2 Å². The lowest BCUT2D eigenvalue weighted by Crippen LogP contribution is -2.03. The first-order valence-electron chi connectivity index (χ1n) is 9.60. The molecular formula is C22H17ClN6OS. The van der Waals surface area contributed by atoms with E-state index in [1.807, 2.05) is 47.8 Å². The van der Waals surface area contributed by atoms with Crippen LogP contribution in [-0.2, 0) is 6.42 Å². The average Bonchev–Trinajstić information content (AvgIpc) is 3.45. The van der Waals surface area contributed by atoms with E-state index in [2.05, 4.69) is 30.5 Å².